The highest BCUT2D eigenvalue weighted by atomic mass is 31.2. The Kier molecular flexibility index (Phi) is 66.7. The molecular weight excluding hydrogens is 1160 g/mol. The SMILES string of the molecule is CC/C=C\C/C=C\C/C=C\C/C=C\C/C=C\C/C=C\C/C=C\C/C=C\C/C=C\CCCCCC(=O)OC(COC(=O)CCCCCCCCCCCCCCCCCCCC/C=C\C/C=C\C/C=C\C/C=C\C/C=C\C/C=C\CC)COP(=O)(O)OCC[N+](C)(C)C. The van der Waals surface area contributed by atoms with Crippen molar-refractivity contribution in [3.05, 3.63) is 182 Å². The molecule has 0 aliphatic carbocycles. The predicted octanol–water partition coefficient (Wildman–Crippen LogP) is 24.3. The third kappa shape index (κ3) is 74.2. The summed E-state index contributed by atoms with van der Waals surface area (Å²) in [5, 5.41) is 0. The molecule has 92 heavy (non-hydrogen) atoms. The van der Waals surface area contributed by atoms with E-state index in [0.29, 0.717) is 17.4 Å². The number of likely N-dealkylation sites (N-methyl/N-ethyl adjacent to an activating group) is 1. The summed E-state index contributed by atoms with van der Waals surface area (Å²) in [6.45, 7) is 4.16. The topological polar surface area (TPSA) is 108 Å². The standard InChI is InChI=1S/C82H134NO8P/c1-6-8-10-12-14-16-18-20-22-24-26-28-30-32-34-36-38-39-40-41-42-43-45-46-48-50-52-54-56-58-60-62-64-66-68-70-72-74-81(84)88-78-80(79-90-92(86,87)89-77-76-83(3,4)5)91-82(85)75-73-71-69-67-65-63-61-59-57-55-53-51-49-47-44-37-35-33-31-29-27-25-23-21-19-17-15-13-11-9-7-2/h8-11,14-17,20-23,26-29,32-35,38-39,44,47,51,53,57,59,63,65,80H,6-7,12-13,18-19,24-25,30-31,36-37,40-43,45-46,48-50,52,54-56,58,60-62,64,66-79H2,1-5H3/p+1/b10-8-,11-9-,16-14-,17-15-,22-20-,23-21-,28-26-,29-27-,34-32-,35-33-,39-38-,47-44-,53-51-,59-57-,65-63-. The Morgan fingerprint density at radius 1 is 0.337 bits per heavy atom. The van der Waals surface area contributed by atoms with Gasteiger partial charge in [-0.3, -0.25) is 18.6 Å². The number of carbonyl (C=O) groups excluding carboxylic acids is 2. The maximum Gasteiger partial charge on any atom is 0.472 e. The summed E-state index contributed by atoms with van der Waals surface area (Å²) < 4.78 is 34.7. The quantitative estimate of drug-likeness (QED) is 0.0211. The van der Waals surface area contributed by atoms with Gasteiger partial charge >= 0.3 is 19.8 Å². The molecule has 0 aromatic rings. The Bertz CT molecular complexity index is 2210. The molecule has 0 heterocycles. The van der Waals surface area contributed by atoms with E-state index in [1.165, 1.54) is 103 Å². The van der Waals surface area contributed by atoms with Crippen LogP contribution in [0.15, 0.2) is 182 Å². The number of esters is 2. The molecule has 0 aromatic carbocycles. The molecule has 0 radical (unpaired) electrons. The van der Waals surface area contributed by atoms with Crippen LogP contribution >= 0.6 is 7.82 Å². The first-order valence-corrected chi connectivity index (χ1v) is 38.0. The molecule has 0 aliphatic rings. The molecule has 0 amide bonds. The first kappa shape index (κ1) is 87.1. The zero-order valence-corrected chi connectivity index (χ0v) is 60.1. The summed E-state index contributed by atoms with van der Waals surface area (Å²) in [7, 11) is 1.44. The van der Waals surface area contributed by atoms with Gasteiger partial charge in [0.15, 0.2) is 6.10 Å². The molecule has 0 bridgehead atoms. The van der Waals surface area contributed by atoms with Crippen molar-refractivity contribution in [3.8, 4) is 0 Å². The first-order valence-electron chi connectivity index (χ1n) is 36.5. The zero-order valence-electron chi connectivity index (χ0n) is 59.2. The van der Waals surface area contributed by atoms with Crippen molar-refractivity contribution >= 4 is 19.8 Å². The van der Waals surface area contributed by atoms with Crippen LogP contribution in [0.25, 0.3) is 0 Å². The maximum absolute atomic E-state index is 12.9. The molecule has 1 N–H and O–H groups in total. The fourth-order valence-corrected chi connectivity index (χ4v) is 10.2. The van der Waals surface area contributed by atoms with E-state index in [1.807, 2.05) is 21.1 Å². The minimum Gasteiger partial charge on any atom is -0.462 e. The Balaban J connectivity index is 4.12. The van der Waals surface area contributed by atoms with E-state index >= 15 is 0 Å². The van der Waals surface area contributed by atoms with Gasteiger partial charge in [-0.15, -0.1) is 0 Å². The molecule has 0 saturated heterocycles. The van der Waals surface area contributed by atoms with Gasteiger partial charge < -0.3 is 18.9 Å². The number of ether oxygens (including phenoxy) is 2. The van der Waals surface area contributed by atoms with E-state index in [1.54, 1.807) is 0 Å². The van der Waals surface area contributed by atoms with Gasteiger partial charge in [0.2, 0.25) is 0 Å². The summed E-state index contributed by atoms with van der Waals surface area (Å²) in [4.78, 5) is 35.9. The third-order valence-corrected chi connectivity index (χ3v) is 15.9. The second kappa shape index (κ2) is 70.4. The van der Waals surface area contributed by atoms with Crippen molar-refractivity contribution < 1.29 is 42.1 Å². The summed E-state index contributed by atoms with van der Waals surface area (Å²) in [5.74, 6) is -0.842. The van der Waals surface area contributed by atoms with Gasteiger partial charge in [-0.1, -0.05) is 305 Å². The Hall–Kier alpha value is -4.89. The molecule has 9 nitrogen and oxygen atoms in total. The Morgan fingerprint density at radius 2 is 0.587 bits per heavy atom. The van der Waals surface area contributed by atoms with E-state index in [0.717, 1.165) is 135 Å². The average molecular weight is 1290 g/mol. The summed E-state index contributed by atoms with van der Waals surface area (Å²) in [5.41, 5.74) is 0. The lowest BCUT2D eigenvalue weighted by atomic mass is 10.0. The number of phosphoric ester groups is 1. The minimum absolute atomic E-state index is 0.0163. The normalized spacial score (nSPS) is 14.2. The third-order valence-electron chi connectivity index (χ3n) is 14.9. The van der Waals surface area contributed by atoms with E-state index < -0.39 is 26.5 Å². The summed E-state index contributed by atoms with van der Waals surface area (Å²) in [6.07, 6.45) is 109. The van der Waals surface area contributed by atoms with Gasteiger partial charge in [0, 0.05) is 12.8 Å². The number of allylic oxidation sites excluding steroid dienone is 30. The zero-order chi connectivity index (χ0) is 66.9. The number of quaternary nitrogens is 1. The predicted molar refractivity (Wildman–Crippen MR) is 399 cm³/mol. The monoisotopic (exact) mass is 1290 g/mol. The van der Waals surface area contributed by atoms with Crippen LogP contribution in [0.5, 0.6) is 0 Å². The molecule has 0 saturated carbocycles. The lowest BCUT2D eigenvalue weighted by Gasteiger charge is -2.24. The minimum atomic E-state index is -4.42. The van der Waals surface area contributed by atoms with Gasteiger partial charge in [0.05, 0.1) is 27.7 Å². The van der Waals surface area contributed by atoms with E-state index in [-0.39, 0.29) is 32.0 Å². The fraction of sp³-hybridized carbons (Fsp3) is 0.610. The van der Waals surface area contributed by atoms with Crippen molar-refractivity contribution in [2.24, 2.45) is 0 Å². The molecule has 0 aromatic heterocycles. The number of nitrogens with zero attached hydrogens (tertiary/aromatic N) is 1. The number of phosphoric acid groups is 1. The van der Waals surface area contributed by atoms with Crippen LogP contribution in [0, 0.1) is 0 Å². The molecule has 0 fully saturated rings. The van der Waals surface area contributed by atoms with Crippen molar-refractivity contribution in [3.63, 3.8) is 0 Å². The van der Waals surface area contributed by atoms with Crippen LogP contribution in [0.3, 0.4) is 0 Å². The van der Waals surface area contributed by atoms with Crippen LogP contribution < -0.4 is 0 Å². The maximum atomic E-state index is 12.9. The van der Waals surface area contributed by atoms with Gasteiger partial charge in [-0.05, 0) is 135 Å². The highest BCUT2D eigenvalue weighted by Gasteiger charge is 2.27. The number of unbranched alkanes of at least 4 members (excludes halogenated alkanes) is 21. The van der Waals surface area contributed by atoms with E-state index in [4.69, 9.17) is 18.5 Å². The van der Waals surface area contributed by atoms with Crippen LogP contribution in [0.2, 0.25) is 0 Å². The van der Waals surface area contributed by atoms with Crippen LogP contribution in [-0.2, 0) is 32.7 Å². The summed E-state index contributed by atoms with van der Waals surface area (Å²) >= 11 is 0. The Morgan fingerprint density at radius 3 is 0.880 bits per heavy atom. The van der Waals surface area contributed by atoms with Crippen LogP contribution in [-0.4, -0.2) is 74.9 Å². The van der Waals surface area contributed by atoms with Crippen molar-refractivity contribution in [2.45, 2.75) is 277 Å². The highest BCUT2D eigenvalue weighted by Crippen LogP contribution is 2.43. The van der Waals surface area contributed by atoms with Gasteiger partial charge in [0.1, 0.15) is 19.8 Å². The number of hydrogen-bond acceptors (Lipinski definition) is 7. The molecule has 0 spiro atoms. The van der Waals surface area contributed by atoms with Crippen molar-refractivity contribution in [2.75, 3.05) is 47.5 Å². The molecule has 2 atom stereocenters. The summed E-state index contributed by atoms with van der Waals surface area (Å²) in [6, 6.07) is 0. The van der Waals surface area contributed by atoms with Gasteiger partial charge in [-0.2, -0.15) is 0 Å². The largest absolute Gasteiger partial charge is 0.472 e. The van der Waals surface area contributed by atoms with Crippen LogP contribution in [0.4, 0.5) is 0 Å². The molecular formula is C82H135NO8P+. The first-order chi connectivity index (χ1) is 45.0. The molecule has 10 heteroatoms. The lowest BCUT2D eigenvalue weighted by Crippen LogP contribution is -2.37. The number of carbonyl (C=O) groups is 2. The Labute approximate surface area is 565 Å². The van der Waals surface area contributed by atoms with Crippen LogP contribution in [0.1, 0.15) is 271 Å². The van der Waals surface area contributed by atoms with Gasteiger partial charge in [-0.25, -0.2) is 4.57 Å². The number of rotatable bonds is 65. The van der Waals surface area contributed by atoms with Gasteiger partial charge in [0.25, 0.3) is 0 Å². The van der Waals surface area contributed by atoms with E-state index in [9.17, 15) is 19.0 Å². The molecule has 520 valence electrons. The molecule has 2 unspecified atom stereocenters. The number of hydrogen-bond donors (Lipinski definition) is 1. The lowest BCUT2D eigenvalue weighted by molar-refractivity contribution is -0.870. The molecule has 0 rings (SSSR count). The fourth-order valence-electron chi connectivity index (χ4n) is 9.42. The smallest absolute Gasteiger partial charge is 0.462 e. The van der Waals surface area contributed by atoms with Crippen molar-refractivity contribution in [1.82, 2.24) is 0 Å². The second-order valence-electron chi connectivity index (χ2n) is 24.9. The molecule has 0 aliphatic heterocycles. The highest BCUT2D eigenvalue weighted by molar-refractivity contribution is 7.47. The second-order valence-corrected chi connectivity index (χ2v) is 26.3. The average Bonchev–Trinajstić information content (AvgIpc) is 2.14. The van der Waals surface area contributed by atoms with E-state index in [2.05, 4.69) is 196 Å². The van der Waals surface area contributed by atoms with Crippen molar-refractivity contribution in [1.29, 1.82) is 0 Å².